The number of amides is 1. The number of nitrogens with one attached hydrogen (secondary N) is 3. The van der Waals surface area contributed by atoms with Gasteiger partial charge in [-0.3, -0.25) is 4.79 Å². The minimum atomic E-state index is -0.205. The molecule has 1 aliphatic heterocycles. The van der Waals surface area contributed by atoms with Gasteiger partial charge >= 0.3 is 0 Å². The third-order valence-electron chi connectivity index (χ3n) is 9.22. The lowest BCUT2D eigenvalue weighted by atomic mass is 10.0. The Balaban J connectivity index is 1.13. The van der Waals surface area contributed by atoms with Crippen molar-refractivity contribution in [3.63, 3.8) is 0 Å². The van der Waals surface area contributed by atoms with Gasteiger partial charge in [0, 0.05) is 65.8 Å². The molecule has 0 saturated carbocycles. The maximum atomic E-state index is 13.4. The molecule has 5 N–H and O–H groups in total. The Kier molecular flexibility index (Phi) is 11.1. The molecule has 1 saturated heterocycles. The number of aromatic nitrogens is 2. The van der Waals surface area contributed by atoms with E-state index in [1.807, 2.05) is 66.4 Å². The average molecular weight is 675 g/mol. The van der Waals surface area contributed by atoms with Crippen LogP contribution in [0.25, 0.3) is 28.1 Å². The standard InChI is InChI=1S/C40H46N6O4/c1-4-27(2)38(29-5-11-34(12-6-29)46-19-23-50-24-20-46)42-35-16-10-32(25-28(35)3)41-40(49)31-9-15-36-37(26-31)44-39(43-36)30-7-13-33(14-8-30)45(17-21-47)18-22-48/h5-16,25-26,42,47-48H,4,17-24H2,1-3H3,(H,41,49)(H,43,44). The van der Waals surface area contributed by atoms with Crippen molar-refractivity contribution in [2.75, 3.05) is 73.0 Å². The lowest BCUT2D eigenvalue weighted by molar-refractivity contribution is 0.102. The number of aliphatic hydroxyl groups is 2. The summed E-state index contributed by atoms with van der Waals surface area (Å²) in [5.41, 5.74) is 11.3. The summed E-state index contributed by atoms with van der Waals surface area (Å²) >= 11 is 0. The Morgan fingerprint density at radius 1 is 0.900 bits per heavy atom. The average Bonchev–Trinajstić information content (AvgIpc) is 3.58. The molecule has 10 heteroatoms. The molecule has 0 bridgehead atoms. The van der Waals surface area contributed by atoms with Gasteiger partial charge in [0.05, 0.1) is 37.5 Å². The first kappa shape index (κ1) is 34.7. The van der Waals surface area contributed by atoms with E-state index in [2.05, 4.69) is 58.6 Å². The molecule has 1 aliphatic rings. The number of aliphatic hydroxyl groups excluding tert-OH is 2. The van der Waals surface area contributed by atoms with Gasteiger partial charge in [0.2, 0.25) is 0 Å². The first-order valence-corrected chi connectivity index (χ1v) is 17.3. The number of carbonyl (C=O) groups is 1. The fraction of sp³-hybridized carbons (Fsp3) is 0.300. The van der Waals surface area contributed by atoms with Crippen LogP contribution in [0.2, 0.25) is 0 Å². The van der Waals surface area contributed by atoms with E-state index in [0.717, 1.165) is 77.5 Å². The van der Waals surface area contributed by atoms with Crippen LogP contribution in [0.15, 0.2) is 90.5 Å². The summed E-state index contributed by atoms with van der Waals surface area (Å²) in [4.78, 5) is 25.7. The van der Waals surface area contributed by atoms with E-state index in [0.29, 0.717) is 30.2 Å². The highest BCUT2D eigenvalue weighted by molar-refractivity contribution is 6.06. The first-order chi connectivity index (χ1) is 24.4. The van der Waals surface area contributed by atoms with Gasteiger partial charge in [-0.1, -0.05) is 19.1 Å². The van der Waals surface area contributed by atoms with Gasteiger partial charge in [-0.15, -0.1) is 0 Å². The van der Waals surface area contributed by atoms with Crippen LogP contribution in [-0.4, -0.2) is 78.7 Å². The first-order valence-electron chi connectivity index (χ1n) is 17.3. The van der Waals surface area contributed by atoms with Crippen molar-refractivity contribution < 1.29 is 19.7 Å². The molecule has 0 aliphatic carbocycles. The molecule has 0 spiro atoms. The fourth-order valence-corrected chi connectivity index (χ4v) is 6.21. The molecule has 260 valence electrons. The lowest BCUT2D eigenvalue weighted by Gasteiger charge is -2.29. The van der Waals surface area contributed by atoms with Crippen LogP contribution in [0.5, 0.6) is 0 Å². The van der Waals surface area contributed by atoms with E-state index in [4.69, 9.17) is 9.72 Å². The smallest absolute Gasteiger partial charge is 0.255 e. The van der Waals surface area contributed by atoms with Crippen molar-refractivity contribution in [2.45, 2.75) is 27.2 Å². The highest BCUT2D eigenvalue weighted by atomic mass is 16.5. The van der Waals surface area contributed by atoms with Crippen molar-refractivity contribution in [1.29, 1.82) is 0 Å². The number of allylic oxidation sites excluding steroid dienone is 1. The summed E-state index contributed by atoms with van der Waals surface area (Å²) in [6.45, 7) is 10.6. The number of nitrogens with zero attached hydrogens (tertiary/aromatic N) is 3. The Morgan fingerprint density at radius 3 is 2.26 bits per heavy atom. The Hall–Kier alpha value is -5.16. The summed E-state index contributed by atoms with van der Waals surface area (Å²) in [5.74, 6) is 0.488. The van der Waals surface area contributed by atoms with Crippen molar-refractivity contribution in [1.82, 2.24) is 9.97 Å². The van der Waals surface area contributed by atoms with Crippen LogP contribution in [0.4, 0.5) is 22.7 Å². The van der Waals surface area contributed by atoms with Crippen LogP contribution in [-0.2, 0) is 4.74 Å². The number of benzene rings is 4. The predicted molar refractivity (Wildman–Crippen MR) is 203 cm³/mol. The van der Waals surface area contributed by atoms with Crippen molar-refractivity contribution in [3.05, 3.63) is 107 Å². The van der Waals surface area contributed by atoms with Gasteiger partial charge in [0.25, 0.3) is 5.91 Å². The highest BCUT2D eigenvalue weighted by Crippen LogP contribution is 2.30. The minimum Gasteiger partial charge on any atom is -0.395 e. The van der Waals surface area contributed by atoms with E-state index in [-0.39, 0.29) is 19.1 Å². The molecule has 1 aromatic heterocycles. The molecular formula is C40H46N6O4. The molecular weight excluding hydrogens is 628 g/mol. The molecule has 0 unspecified atom stereocenters. The zero-order chi connectivity index (χ0) is 35.0. The number of aromatic amines is 1. The van der Waals surface area contributed by atoms with Crippen molar-refractivity contribution in [2.24, 2.45) is 0 Å². The molecule has 2 heterocycles. The second-order valence-corrected chi connectivity index (χ2v) is 12.6. The van der Waals surface area contributed by atoms with Gasteiger partial charge in [-0.05, 0) is 110 Å². The molecule has 6 rings (SSSR count). The van der Waals surface area contributed by atoms with Gasteiger partial charge in [-0.2, -0.15) is 0 Å². The number of imidazole rings is 1. The number of hydrogen-bond donors (Lipinski definition) is 5. The molecule has 1 fully saturated rings. The third kappa shape index (κ3) is 8.00. The fourth-order valence-electron chi connectivity index (χ4n) is 6.21. The number of ether oxygens (including phenoxy) is 1. The molecule has 5 aromatic rings. The van der Waals surface area contributed by atoms with E-state index >= 15 is 0 Å². The molecule has 0 radical (unpaired) electrons. The topological polar surface area (TPSA) is 126 Å². The normalized spacial score (nSPS) is 13.7. The van der Waals surface area contributed by atoms with Gasteiger partial charge in [0.15, 0.2) is 0 Å². The predicted octanol–water partition coefficient (Wildman–Crippen LogP) is 6.67. The van der Waals surface area contributed by atoms with Crippen LogP contribution >= 0.6 is 0 Å². The van der Waals surface area contributed by atoms with Crippen molar-refractivity contribution in [3.8, 4) is 11.4 Å². The quantitative estimate of drug-likeness (QED) is 0.0938. The van der Waals surface area contributed by atoms with Crippen LogP contribution in [0.3, 0.4) is 0 Å². The van der Waals surface area contributed by atoms with Crippen LogP contribution in [0.1, 0.15) is 41.8 Å². The minimum absolute atomic E-state index is 0.00647. The van der Waals surface area contributed by atoms with Crippen LogP contribution in [0, 0.1) is 6.92 Å². The molecule has 1 amide bonds. The van der Waals surface area contributed by atoms with Gasteiger partial charge in [0.1, 0.15) is 5.82 Å². The summed E-state index contributed by atoms with van der Waals surface area (Å²) in [6, 6.07) is 27.9. The van der Waals surface area contributed by atoms with Crippen molar-refractivity contribution >= 4 is 45.4 Å². The number of carbonyl (C=O) groups excluding carboxylic acids is 1. The zero-order valence-electron chi connectivity index (χ0n) is 29.0. The van der Waals surface area contributed by atoms with E-state index in [9.17, 15) is 15.0 Å². The maximum absolute atomic E-state index is 13.4. The summed E-state index contributed by atoms with van der Waals surface area (Å²) < 4.78 is 5.51. The number of fused-ring (bicyclic) bond motifs is 1. The monoisotopic (exact) mass is 674 g/mol. The number of anilines is 4. The van der Waals surface area contributed by atoms with Crippen LogP contribution < -0.4 is 20.4 Å². The summed E-state index contributed by atoms with van der Waals surface area (Å²) in [5, 5.41) is 25.4. The maximum Gasteiger partial charge on any atom is 0.255 e. The highest BCUT2D eigenvalue weighted by Gasteiger charge is 2.15. The second-order valence-electron chi connectivity index (χ2n) is 12.6. The van der Waals surface area contributed by atoms with E-state index in [1.165, 1.54) is 11.3 Å². The third-order valence-corrected chi connectivity index (χ3v) is 9.22. The number of aryl methyl sites for hydroxylation is 1. The second kappa shape index (κ2) is 16.0. The number of morpholine rings is 1. The number of rotatable bonds is 13. The molecule has 50 heavy (non-hydrogen) atoms. The summed E-state index contributed by atoms with van der Waals surface area (Å²) in [7, 11) is 0. The SMILES string of the molecule is CCC(C)=C(Nc1ccc(NC(=O)c2ccc3nc(-c4ccc(N(CCO)CCO)cc4)[nH]c3c2)cc1C)c1ccc(N2CCOCC2)cc1. The Morgan fingerprint density at radius 2 is 1.60 bits per heavy atom. The van der Waals surface area contributed by atoms with Gasteiger partial charge < -0.3 is 40.4 Å². The lowest BCUT2D eigenvalue weighted by Crippen LogP contribution is -2.36. The summed E-state index contributed by atoms with van der Waals surface area (Å²) in [6.07, 6.45) is 0.921. The van der Waals surface area contributed by atoms with E-state index in [1.54, 1.807) is 6.07 Å². The number of H-pyrrole nitrogens is 1. The van der Waals surface area contributed by atoms with E-state index < -0.39 is 0 Å². The Labute approximate surface area is 293 Å². The zero-order valence-corrected chi connectivity index (χ0v) is 29.0. The molecule has 4 aromatic carbocycles. The van der Waals surface area contributed by atoms with Gasteiger partial charge in [-0.25, -0.2) is 4.98 Å². The molecule has 0 atom stereocenters. The Bertz CT molecular complexity index is 1940. The molecule has 10 nitrogen and oxygen atoms in total. The largest absolute Gasteiger partial charge is 0.395 e. The number of hydrogen-bond acceptors (Lipinski definition) is 8.